The van der Waals surface area contributed by atoms with Crippen LogP contribution in [-0.4, -0.2) is 53.9 Å². The zero-order valence-electron chi connectivity index (χ0n) is 14.0. The van der Waals surface area contributed by atoms with E-state index in [9.17, 15) is 9.59 Å². The number of nitrogens with zero attached hydrogens (tertiary/aromatic N) is 2. The number of nitrogens with one attached hydrogen (secondary N) is 3. The minimum absolute atomic E-state index is 0.0964. The molecule has 7 nitrogen and oxygen atoms in total. The van der Waals surface area contributed by atoms with E-state index in [0.29, 0.717) is 24.5 Å². The molecule has 1 heterocycles. The number of hydrogen-bond acceptors (Lipinski definition) is 4. The van der Waals surface area contributed by atoms with Gasteiger partial charge in [0.15, 0.2) is 5.82 Å². The lowest BCUT2D eigenvalue weighted by Gasteiger charge is -2.10. The molecule has 0 saturated carbocycles. The molecule has 0 bridgehead atoms. The molecule has 0 radical (unpaired) electrons. The third-order valence-corrected chi connectivity index (χ3v) is 3.51. The first kappa shape index (κ1) is 19.3. The molecule has 0 atom stereocenters. The first-order chi connectivity index (χ1) is 11.0. The van der Waals surface area contributed by atoms with Crippen LogP contribution in [0.3, 0.4) is 0 Å². The van der Waals surface area contributed by atoms with Gasteiger partial charge in [-0.15, -0.1) is 0 Å². The molecule has 0 aliphatic heterocycles. The first-order valence-corrected chi connectivity index (χ1v) is 8.31. The van der Waals surface area contributed by atoms with Gasteiger partial charge < -0.3 is 20.5 Å². The maximum Gasteiger partial charge on any atom is 0.271 e. The number of rotatable bonds is 10. The lowest BCUT2D eigenvalue weighted by molar-refractivity contribution is -0.128. The highest BCUT2D eigenvalue weighted by Gasteiger charge is 2.16. The molecule has 1 aromatic heterocycles. The van der Waals surface area contributed by atoms with E-state index < -0.39 is 0 Å². The summed E-state index contributed by atoms with van der Waals surface area (Å²) in [5, 5.41) is 6.11. The van der Waals surface area contributed by atoms with Crippen LogP contribution in [0.4, 0.5) is 5.82 Å². The third kappa shape index (κ3) is 6.90. The Hall–Kier alpha value is -1.76. The van der Waals surface area contributed by atoms with E-state index in [2.05, 4.69) is 27.5 Å². The standard InChI is InChI=1S/C15H26ClN5O2/c1-4-5-9-17-13-12(19-15(16)20-13)14(23)18-10-7-6-8-11(22)21(2)3/h17H,4-10H2,1-3H3,(H,18,23)(H,19,20). The Kier molecular flexibility index (Phi) is 8.47. The Balaban J connectivity index is 2.38. The van der Waals surface area contributed by atoms with Crippen LogP contribution >= 0.6 is 11.6 Å². The number of carbonyl (C=O) groups is 2. The van der Waals surface area contributed by atoms with Crippen molar-refractivity contribution in [2.75, 3.05) is 32.5 Å². The van der Waals surface area contributed by atoms with Crippen LogP contribution in [0.1, 0.15) is 49.5 Å². The van der Waals surface area contributed by atoms with Crippen LogP contribution in [0.15, 0.2) is 0 Å². The molecule has 23 heavy (non-hydrogen) atoms. The Labute approximate surface area is 142 Å². The molecule has 1 rings (SSSR count). The Morgan fingerprint density at radius 2 is 1.96 bits per heavy atom. The third-order valence-electron chi connectivity index (χ3n) is 3.33. The van der Waals surface area contributed by atoms with Crippen molar-refractivity contribution in [3.8, 4) is 0 Å². The highest BCUT2D eigenvalue weighted by molar-refractivity contribution is 6.28. The van der Waals surface area contributed by atoms with Crippen molar-refractivity contribution < 1.29 is 9.59 Å². The second kappa shape index (κ2) is 10.1. The van der Waals surface area contributed by atoms with Gasteiger partial charge in [-0.25, -0.2) is 4.98 Å². The SMILES string of the molecule is CCCCNc1nc(Cl)[nH]c1C(=O)NCCCCC(=O)N(C)C. The van der Waals surface area contributed by atoms with Gasteiger partial charge in [0.25, 0.3) is 5.91 Å². The predicted octanol–water partition coefficient (Wildman–Crippen LogP) is 2.26. The summed E-state index contributed by atoms with van der Waals surface area (Å²) in [5.41, 5.74) is 0.343. The highest BCUT2D eigenvalue weighted by Crippen LogP contribution is 2.15. The van der Waals surface area contributed by atoms with E-state index in [1.165, 1.54) is 0 Å². The van der Waals surface area contributed by atoms with Crippen molar-refractivity contribution in [1.29, 1.82) is 0 Å². The summed E-state index contributed by atoms with van der Waals surface area (Å²) >= 11 is 5.84. The van der Waals surface area contributed by atoms with Gasteiger partial charge in [-0.3, -0.25) is 9.59 Å². The fourth-order valence-corrected chi connectivity index (χ4v) is 2.11. The highest BCUT2D eigenvalue weighted by atomic mass is 35.5. The van der Waals surface area contributed by atoms with Crippen molar-refractivity contribution in [3.05, 3.63) is 11.0 Å². The molecule has 2 amide bonds. The van der Waals surface area contributed by atoms with Crippen LogP contribution in [0.5, 0.6) is 0 Å². The molecular formula is C15H26ClN5O2. The first-order valence-electron chi connectivity index (χ1n) is 7.93. The number of aromatic nitrogens is 2. The zero-order chi connectivity index (χ0) is 17.2. The van der Waals surface area contributed by atoms with Gasteiger partial charge in [0.1, 0.15) is 5.69 Å². The molecule has 0 saturated heterocycles. The van der Waals surface area contributed by atoms with Crippen LogP contribution in [0, 0.1) is 0 Å². The van der Waals surface area contributed by atoms with Gasteiger partial charge in [0.05, 0.1) is 0 Å². The minimum Gasteiger partial charge on any atom is -0.368 e. The monoisotopic (exact) mass is 343 g/mol. The lowest BCUT2D eigenvalue weighted by Crippen LogP contribution is -2.26. The number of unbranched alkanes of at least 4 members (excludes halogenated alkanes) is 2. The topological polar surface area (TPSA) is 90.1 Å². The lowest BCUT2D eigenvalue weighted by atomic mass is 10.2. The summed E-state index contributed by atoms with van der Waals surface area (Å²) in [7, 11) is 3.47. The molecule has 8 heteroatoms. The molecule has 0 fully saturated rings. The summed E-state index contributed by atoms with van der Waals surface area (Å²) in [4.78, 5) is 32.0. The average Bonchev–Trinajstić information content (AvgIpc) is 2.87. The van der Waals surface area contributed by atoms with Crippen LogP contribution < -0.4 is 10.6 Å². The van der Waals surface area contributed by atoms with Gasteiger partial charge in [-0.1, -0.05) is 13.3 Å². The number of amides is 2. The molecule has 0 spiro atoms. The summed E-state index contributed by atoms with van der Waals surface area (Å²) < 4.78 is 0. The quantitative estimate of drug-likeness (QED) is 0.568. The molecule has 0 aliphatic rings. The van der Waals surface area contributed by atoms with Crippen molar-refractivity contribution in [2.45, 2.75) is 39.0 Å². The number of imidazole rings is 1. The minimum atomic E-state index is -0.248. The predicted molar refractivity (Wildman–Crippen MR) is 91.9 cm³/mol. The van der Waals surface area contributed by atoms with Gasteiger partial charge in [-0.2, -0.15) is 0 Å². The maximum absolute atomic E-state index is 12.2. The van der Waals surface area contributed by atoms with E-state index in [4.69, 9.17) is 11.6 Å². The second-order valence-corrected chi connectivity index (χ2v) is 5.89. The van der Waals surface area contributed by atoms with Crippen molar-refractivity contribution in [3.63, 3.8) is 0 Å². The normalized spacial score (nSPS) is 10.4. The van der Waals surface area contributed by atoms with Gasteiger partial charge in [0.2, 0.25) is 11.2 Å². The smallest absolute Gasteiger partial charge is 0.271 e. The molecule has 3 N–H and O–H groups in total. The van der Waals surface area contributed by atoms with Crippen molar-refractivity contribution in [1.82, 2.24) is 20.2 Å². The number of halogens is 1. The van der Waals surface area contributed by atoms with Gasteiger partial charge >= 0.3 is 0 Å². The number of aromatic amines is 1. The summed E-state index contributed by atoms with van der Waals surface area (Å²) in [6, 6.07) is 0. The van der Waals surface area contributed by atoms with Gasteiger partial charge in [-0.05, 0) is 30.9 Å². The molecular weight excluding hydrogens is 318 g/mol. The number of hydrogen-bond donors (Lipinski definition) is 3. The number of H-pyrrole nitrogens is 1. The van der Waals surface area contributed by atoms with Crippen LogP contribution in [0.2, 0.25) is 5.28 Å². The fourth-order valence-electron chi connectivity index (χ4n) is 1.94. The van der Waals surface area contributed by atoms with E-state index in [0.717, 1.165) is 32.2 Å². The zero-order valence-corrected chi connectivity index (χ0v) is 14.8. The molecule has 1 aromatic rings. The molecule has 0 aromatic carbocycles. The largest absolute Gasteiger partial charge is 0.368 e. The maximum atomic E-state index is 12.2. The average molecular weight is 344 g/mol. The van der Waals surface area contributed by atoms with Crippen LogP contribution in [-0.2, 0) is 4.79 Å². The molecule has 0 aliphatic carbocycles. The van der Waals surface area contributed by atoms with Gasteiger partial charge in [0, 0.05) is 33.6 Å². The summed E-state index contributed by atoms with van der Waals surface area (Å²) in [6.45, 7) is 3.34. The molecule has 0 unspecified atom stereocenters. The Bertz CT molecular complexity index is 516. The van der Waals surface area contributed by atoms with Crippen LogP contribution in [0.25, 0.3) is 0 Å². The Morgan fingerprint density at radius 1 is 1.22 bits per heavy atom. The van der Waals surface area contributed by atoms with E-state index in [1.54, 1.807) is 19.0 Å². The number of anilines is 1. The number of carbonyl (C=O) groups excluding carboxylic acids is 2. The van der Waals surface area contributed by atoms with E-state index in [1.807, 2.05) is 0 Å². The second-order valence-electron chi connectivity index (χ2n) is 5.53. The fraction of sp³-hybridized carbons (Fsp3) is 0.667. The summed E-state index contributed by atoms with van der Waals surface area (Å²) in [5.74, 6) is 0.324. The van der Waals surface area contributed by atoms with E-state index >= 15 is 0 Å². The van der Waals surface area contributed by atoms with E-state index in [-0.39, 0.29) is 17.1 Å². The summed E-state index contributed by atoms with van der Waals surface area (Å²) in [6.07, 6.45) is 4.01. The molecule has 130 valence electrons. The van der Waals surface area contributed by atoms with Crippen molar-refractivity contribution in [2.24, 2.45) is 0 Å². The van der Waals surface area contributed by atoms with Crippen molar-refractivity contribution >= 4 is 29.2 Å². The Morgan fingerprint density at radius 3 is 2.61 bits per heavy atom.